The van der Waals surface area contributed by atoms with Crippen molar-refractivity contribution in [3.8, 4) is 0 Å². The Balaban J connectivity index is 1.55. The van der Waals surface area contributed by atoms with E-state index >= 15 is 0 Å². The maximum atomic E-state index is 13.3. The Morgan fingerprint density at radius 2 is 1.76 bits per heavy atom. The molecule has 2 aromatic carbocycles. The molecule has 0 bridgehead atoms. The summed E-state index contributed by atoms with van der Waals surface area (Å²) in [7, 11) is 0. The minimum absolute atomic E-state index is 0.00544. The minimum Gasteiger partial charge on any atom is -0.463 e. The number of rotatable bonds is 16. The predicted molar refractivity (Wildman–Crippen MR) is 161 cm³/mol. The van der Waals surface area contributed by atoms with E-state index in [-0.39, 0.29) is 49.4 Å². The number of ether oxygens (including phenoxy) is 1. The molecule has 0 saturated carbocycles. The molecule has 1 heterocycles. The van der Waals surface area contributed by atoms with Gasteiger partial charge in [-0.1, -0.05) is 66.7 Å². The Morgan fingerprint density at radius 1 is 1.05 bits per heavy atom. The van der Waals surface area contributed by atoms with Crippen LogP contribution in [0.1, 0.15) is 55.7 Å². The SMILES string of the molecule is C=CCCCC(Cc1ccccc1)C(=O)OCC(C)NC(=O)C(CC=C)CC(=O)N1Cc2ccccc2CC1CO. The molecular formula is C34H44N2O5. The molecule has 4 atom stereocenters. The molecule has 0 radical (unpaired) electrons. The number of esters is 1. The number of carbonyl (C=O) groups excluding carboxylic acids is 3. The van der Waals surface area contributed by atoms with Gasteiger partial charge >= 0.3 is 5.97 Å². The van der Waals surface area contributed by atoms with E-state index in [2.05, 4.69) is 18.5 Å². The average molecular weight is 561 g/mol. The van der Waals surface area contributed by atoms with Crippen molar-refractivity contribution in [2.45, 2.75) is 70.5 Å². The summed E-state index contributed by atoms with van der Waals surface area (Å²) in [5.74, 6) is -1.63. The number of carbonyl (C=O) groups is 3. The molecule has 2 N–H and O–H groups in total. The van der Waals surface area contributed by atoms with Crippen LogP contribution in [0.2, 0.25) is 0 Å². The first kappa shape index (κ1) is 31.8. The van der Waals surface area contributed by atoms with E-state index in [1.807, 2.05) is 60.7 Å². The number of nitrogens with one attached hydrogen (secondary N) is 1. The quantitative estimate of drug-likeness (QED) is 0.175. The fourth-order valence-corrected chi connectivity index (χ4v) is 5.29. The van der Waals surface area contributed by atoms with E-state index in [0.29, 0.717) is 32.2 Å². The van der Waals surface area contributed by atoms with Crippen molar-refractivity contribution in [2.24, 2.45) is 11.8 Å². The van der Waals surface area contributed by atoms with Gasteiger partial charge in [0.2, 0.25) is 11.8 Å². The summed E-state index contributed by atoms with van der Waals surface area (Å²) in [5, 5.41) is 12.9. The third-order valence-corrected chi connectivity index (χ3v) is 7.61. The van der Waals surface area contributed by atoms with Crippen LogP contribution in [0.25, 0.3) is 0 Å². The molecule has 2 amide bonds. The predicted octanol–water partition coefficient (Wildman–Crippen LogP) is 4.78. The lowest BCUT2D eigenvalue weighted by atomic mass is 9.92. The number of aliphatic hydroxyl groups excluding tert-OH is 1. The van der Waals surface area contributed by atoms with Gasteiger partial charge in [-0.15, -0.1) is 13.2 Å². The molecule has 2 aromatic rings. The van der Waals surface area contributed by atoms with Crippen LogP contribution in [-0.2, 0) is 38.5 Å². The molecule has 7 nitrogen and oxygen atoms in total. The highest BCUT2D eigenvalue weighted by atomic mass is 16.5. The average Bonchev–Trinajstić information content (AvgIpc) is 2.98. The van der Waals surface area contributed by atoms with E-state index in [1.54, 1.807) is 17.9 Å². The van der Waals surface area contributed by atoms with Gasteiger partial charge in [0.05, 0.1) is 30.5 Å². The van der Waals surface area contributed by atoms with Gasteiger partial charge in [-0.25, -0.2) is 0 Å². The molecule has 0 aliphatic carbocycles. The van der Waals surface area contributed by atoms with Gasteiger partial charge in [0, 0.05) is 13.0 Å². The Bertz CT molecular complexity index is 1160. The number of allylic oxidation sites excluding steroid dienone is 2. The van der Waals surface area contributed by atoms with Crippen molar-refractivity contribution in [1.29, 1.82) is 0 Å². The lowest BCUT2D eigenvalue weighted by Gasteiger charge is -2.36. The Labute approximate surface area is 244 Å². The van der Waals surface area contributed by atoms with E-state index in [0.717, 1.165) is 29.5 Å². The van der Waals surface area contributed by atoms with E-state index in [4.69, 9.17) is 4.74 Å². The summed E-state index contributed by atoms with van der Waals surface area (Å²) in [6, 6.07) is 17.0. The third kappa shape index (κ3) is 9.71. The number of aliphatic hydroxyl groups is 1. The van der Waals surface area contributed by atoms with Gasteiger partial charge in [0.15, 0.2) is 0 Å². The number of benzene rings is 2. The van der Waals surface area contributed by atoms with Gasteiger partial charge in [-0.3, -0.25) is 14.4 Å². The van der Waals surface area contributed by atoms with Crippen LogP contribution >= 0.6 is 0 Å². The van der Waals surface area contributed by atoms with Crippen molar-refractivity contribution in [3.05, 3.63) is 96.6 Å². The molecule has 0 saturated heterocycles. The molecule has 7 heteroatoms. The summed E-state index contributed by atoms with van der Waals surface area (Å²) in [4.78, 5) is 41.2. The Hall–Kier alpha value is -3.71. The normalized spacial score (nSPS) is 16.5. The molecule has 1 aliphatic rings. The Kier molecular flexibility index (Phi) is 12.8. The zero-order chi connectivity index (χ0) is 29.6. The highest BCUT2D eigenvalue weighted by molar-refractivity contribution is 5.86. The first-order valence-electron chi connectivity index (χ1n) is 14.6. The lowest BCUT2D eigenvalue weighted by molar-refractivity contribution is -0.150. The van der Waals surface area contributed by atoms with E-state index in [9.17, 15) is 19.5 Å². The molecule has 0 fully saturated rings. The number of amides is 2. The maximum absolute atomic E-state index is 13.3. The number of hydrogen-bond donors (Lipinski definition) is 2. The second-order valence-electron chi connectivity index (χ2n) is 10.9. The first-order chi connectivity index (χ1) is 19.9. The maximum Gasteiger partial charge on any atom is 0.309 e. The molecule has 4 unspecified atom stereocenters. The topological polar surface area (TPSA) is 95.9 Å². The monoisotopic (exact) mass is 560 g/mol. The van der Waals surface area contributed by atoms with Crippen LogP contribution in [0.4, 0.5) is 0 Å². The molecule has 1 aliphatic heterocycles. The first-order valence-corrected chi connectivity index (χ1v) is 14.6. The lowest BCUT2D eigenvalue weighted by Crippen LogP contribution is -2.48. The molecule has 3 rings (SSSR count). The van der Waals surface area contributed by atoms with Crippen molar-refractivity contribution in [2.75, 3.05) is 13.2 Å². The number of hydrogen-bond acceptors (Lipinski definition) is 5. The van der Waals surface area contributed by atoms with Crippen molar-refractivity contribution in [1.82, 2.24) is 10.2 Å². The number of fused-ring (bicyclic) bond motifs is 1. The number of unbranched alkanes of at least 4 members (excludes halogenated alkanes) is 1. The second-order valence-corrected chi connectivity index (χ2v) is 10.9. The summed E-state index contributed by atoms with van der Waals surface area (Å²) in [6.07, 6.45) is 7.37. The van der Waals surface area contributed by atoms with Gasteiger partial charge in [-0.2, -0.15) is 0 Å². The van der Waals surface area contributed by atoms with Crippen molar-refractivity contribution < 1.29 is 24.2 Å². The number of nitrogens with zero attached hydrogens (tertiary/aromatic N) is 1. The van der Waals surface area contributed by atoms with Crippen molar-refractivity contribution >= 4 is 17.8 Å². The summed E-state index contributed by atoms with van der Waals surface area (Å²) >= 11 is 0. The summed E-state index contributed by atoms with van der Waals surface area (Å²) in [5.41, 5.74) is 3.26. The van der Waals surface area contributed by atoms with Gasteiger partial charge in [-0.05, 0) is 62.1 Å². The molecule has 41 heavy (non-hydrogen) atoms. The molecule has 220 valence electrons. The highest BCUT2D eigenvalue weighted by Crippen LogP contribution is 2.25. The Morgan fingerprint density at radius 3 is 2.44 bits per heavy atom. The van der Waals surface area contributed by atoms with Gasteiger partial charge in [0.25, 0.3) is 0 Å². The van der Waals surface area contributed by atoms with Gasteiger partial charge < -0.3 is 20.1 Å². The largest absolute Gasteiger partial charge is 0.463 e. The standard InChI is InChI=1S/C34H44N2O5/c1-4-6-8-17-29(19-26-14-9-7-10-15-26)34(40)41-24-25(3)35-33(39)28(13-5-2)21-32(38)36-22-30-18-12-11-16-27(30)20-31(36)23-37/h4-5,7,9-12,14-16,18,25,28-29,31,37H,1-2,6,8,13,17,19-24H2,3H3,(H,35,39). The van der Waals surface area contributed by atoms with Crippen LogP contribution in [0.5, 0.6) is 0 Å². The van der Waals surface area contributed by atoms with Crippen LogP contribution in [0.3, 0.4) is 0 Å². The van der Waals surface area contributed by atoms with Gasteiger partial charge in [0.1, 0.15) is 6.61 Å². The van der Waals surface area contributed by atoms with Crippen molar-refractivity contribution in [3.63, 3.8) is 0 Å². The third-order valence-electron chi connectivity index (χ3n) is 7.61. The van der Waals surface area contributed by atoms with Crippen LogP contribution in [0.15, 0.2) is 79.9 Å². The highest BCUT2D eigenvalue weighted by Gasteiger charge is 2.32. The zero-order valence-electron chi connectivity index (χ0n) is 24.2. The van der Waals surface area contributed by atoms with Crippen LogP contribution in [-0.4, -0.2) is 53.1 Å². The minimum atomic E-state index is -0.612. The molecule has 0 spiro atoms. The fraction of sp³-hybridized carbons (Fsp3) is 0.441. The zero-order valence-corrected chi connectivity index (χ0v) is 24.2. The van der Waals surface area contributed by atoms with Crippen LogP contribution < -0.4 is 5.32 Å². The molecular weight excluding hydrogens is 516 g/mol. The summed E-state index contributed by atoms with van der Waals surface area (Å²) in [6.45, 7) is 9.63. The second kappa shape index (κ2) is 16.5. The smallest absolute Gasteiger partial charge is 0.309 e. The van der Waals surface area contributed by atoms with Crippen LogP contribution in [0, 0.1) is 11.8 Å². The van der Waals surface area contributed by atoms with E-state index in [1.165, 1.54) is 0 Å². The molecule has 0 aromatic heterocycles. The summed E-state index contributed by atoms with van der Waals surface area (Å²) < 4.78 is 5.65. The fourth-order valence-electron chi connectivity index (χ4n) is 5.29. The van der Waals surface area contributed by atoms with E-state index < -0.39 is 12.0 Å².